The van der Waals surface area contributed by atoms with E-state index in [2.05, 4.69) is 15.7 Å². The molecule has 1 aliphatic rings. The number of carbonyl (C=O) groups is 1. The van der Waals surface area contributed by atoms with Crippen molar-refractivity contribution in [1.29, 1.82) is 0 Å². The summed E-state index contributed by atoms with van der Waals surface area (Å²) in [5, 5.41) is 11.0. The van der Waals surface area contributed by atoms with E-state index < -0.39 is 11.6 Å². The van der Waals surface area contributed by atoms with Crippen LogP contribution in [-0.2, 0) is 7.05 Å². The third kappa shape index (κ3) is 3.99. The number of piperidine rings is 1. The first-order valence-corrected chi connectivity index (χ1v) is 10.8. The molecule has 3 heterocycles. The van der Waals surface area contributed by atoms with Gasteiger partial charge in [-0.25, -0.2) is 8.78 Å². The number of aryl methyl sites for hydroxylation is 2. The smallest absolute Gasteiger partial charge is 0.261 e. The van der Waals surface area contributed by atoms with Crippen molar-refractivity contribution in [2.24, 2.45) is 7.05 Å². The molecule has 1 fully saturated rings. The summed E-state index contributed by atoms with van der Waals surface area (Å²) >= 11 is 7.65. The van der Waals surface area contributed by atoms with Gasteiger partial charge in [0.15, 0.2) is 11.6 Å². The molecule has 5 nitrogen and oxygen atoms in total. The van der Waals surface area contributed by atoms with Gasteiger partial charge in [-0.05, 0) is 43.7 Å². The fourth-order valence-corrected chi connectivity index (χ4v) is 5.13. The van der Waals surface area contributed by atoms with Crippen LogP contribution >= 0.6 is 22.9 Å². The van der Waals surface area contributed by atoms with Gasteiger partial charge in [-0.15, -0.1) is 11.3 Å². The largest absolute Gasteiger partial charge is 0.347 e. The van der Waals surface area contributed by atoms with Crippen LogP contribution in [0.3, 0.4) is 0 Å². The molecule has 1 aliphatic heterocycles. The number of nitrogens with zero attached hydrogens (tertiary/aromatic N) is 2. The molecule has 0 bridgehead atoms. The predicted molar refractivity (Wildman–Crippen MR) is 114 cm³/mol. The number of hydrogen-bond donors (Lipinski definition) is 2. The molecule has 9 heteroatoms. The number of rotatable bonds is 4. The maximum Gasteiger partial charge on any atom is 0.261 e. The minimum Gasteiger partial charge on any atom is -0.347 e. The maximum absolute atomic E-state index is 13.7. The monoisotopic (exact) mass is 450 g/mol. The molecule has 0 spiro atoms. The van der Waals surface area contributed by atoms with Crippen LogP contribution in [0.4, 0.5) is 8.78 Å². The van der Waals surface area contributed by atoms with Crippen molar-refractivity contribution in [3.8, 4) is 11.3 Å². The van der Waals surface area contributed by atoms with Crippen molar-refractivity contribution in [2.45, 2.75) is 25.3 Å². The zero-order valence-corrected chi connectivity index (χ0v) is 18.1. The second-order valence-corrected chi connectivity index (χ2v) is 9.06. The van der Waals surface area contributed by atoms with Crippen LogP contribution in [0.2, 0.25) is 5.02 Å². The van der Waals surface area contributed by atoms with E-state index in [1.807, 2.05) is 13.0 Å². The lowest BCUT2D eigenvalue weighted by Gasteiger charge is -2.33. The molecule has 30 heavy (non-hydrogen) atoms. The van der Waals surface area contributed by atoms with Crippen molar-refractivity contribution in [3.63, 3.8) is 0 Å². The van der Waals surface area contributed by atoms with E-state index in [9.17, 15) is 13.6 Å². The SMILES string of the molecule is Cc1sc(C(=O)N[C@H]2CNCC[C@@H]2c2ccc(F)c(F)c2)cc1-c1c(Cl)cnn1C. The number of thiophene rings is 1. The highest BCUT2D eigenvalue weighted by molar-refractivity contribution is 7.14. The molecule has 1 aromatic carbocycles. The van der Waals surface area contributed by atoms with E-state index in [1.54, 1.807) is 24.0 Å². The summed E-state index contributed by atoms with van der Waals surface area (Å²) in [6.45, 7) is 3.24. The number of amides is 1. The zero-order chi connectivity index (χ0) is 21.4. The quantitative estimate of drug-likeness (QED) is 0.624. The Morgan fingerprint density at radius 3 is 2.83 bits per heavy atom. The van der Waals surface area contributed by atoms with E-state index in [0.717, 1.165) is 35.2 Å². The first kappa shape index (κ1) is 21.0. The van der Waals surface area contributed by atoms with Crippen molar-refractivity contribution in [2.75, 3.05) is 13.1 Å². The van der Waals surface area contributed by atoms with Gasteiger partial charge in [0.2, 0.25) is 0 Å². The number of benzene rings is 1. The van der Waals surface area contributed by atoms with Gasteiger partial charge in [-0.1, -0.05) is 17.7 Å². The molecule has 0 unspecified atom stereocenters. The molecule has 0 radical (unpaired) electrons. The Balaban J connectivity index is 1.56. The molecule has 158 valence electrons. The van der Waals surface area contributed by atoms with Gasteiger partial charge in [0, 0.05) is 36.0 Å². The predicted octanol–water partition coefficient (Wildman–Crippen LogP) is 4.26. The number of hydrogen-bond acceptors (Lipinski definition) is 4. The first-order chi connectivity index (χ1) is 14.3. The van der Waals surface area contributed by atoms with Gasteiger partial charge in [-0.3, -0.25) is 9.48 Å². The minimum atomic E-state index is -0.873. The summed E-state index contributed by atoms with van der Waals surface area (Å²) in [5.41, 5.74) is 2.32. The van der Waals surface area contributed by atoms with Crippen LogP contribution in [0.5, 0.6) is 0 Å². The van der Waals surface area contributed by atoms with Crippen LogP contribution in [-0.4, -0.2) is 34.8 Å². The highest BCUT2D eigenvalue weighted by atomic mass is 35.5. The van der Waals surface area contributed by atoms with Gasteiger partial charge < -0.3 is 10.6 Å². The summed E-state index contributed by atoms with van der Waals surface area (Å²) in [7, 11) is 1.80. The normalized spacial score (nSPS) is 19.1. The fraction of sp³-hybridized carbons (Fsp3) is 0.333. The highest BCUT2D eigenvalue weighted by Crippen LogP contribution is 2.35. The molecule has 2 aromatic heterocycles. The zero-order valence-electron chi connectivity index (χ0n) is 16.5. The average molecular weight is 451 g/mol. The van der Waals surface area contributed by atoms with Crippen molar-refractivity contribution < 1.29 is 13.6 Å². The van der Waals surface area contributed by atoms with Crippen LogP contribution in [0.1, 0.15) is 32.5 Å². The summed E-state index contributed by atoms with van der Waals surface area (Å²) in [4.78, 5) is 14.5. The number of aromatic nitrogens is 2. The first-order valence-electron chi connectivity index (χ1n) is 9.60. The topological polar surface area (TPSA) is 59.0 Å². The Labute approximate surface area is 182 Å². The van der Waals surface area contributed by atoms with Crippen LogP contribution in [0, 0.1) is 18.6 Å². The van der Waals surface area contributed by atoms with E-state index >= 15 is 0 Å². The van der Waals surface area contributed by atoms with E-state index in [0.29, 0.717) is 22.0 Å². The lowest BCUT2D eigenvalue weighted by atomic mass is 9.86. The van der Waals surface area contributed by atoms with Crippen molar-refractivity contribution in [1.82, 2.24) is 20.4 Å². The van der Waals surface area contributed by atoms with Crippen molar-refractivity contribution in [3.05, 3.63) is 62.4 Å². The number of nitrogens with one attached hydrogen (secondary N) is 2. The van der Waals surface area contributed by atoms with E-state index in [4.69, 9.17) is 11.6 Å². The average Bonchev–Trinajstić information content (AvgIpc) is 3.26. The van der Waals surface area contributed by atoms with Crippen LogP contribution < -0.4 is 10.6 Å². The molecular weight excluding hydrogens is 430 g/mol. The molecule has 2 N–H and O–H groups in total. The Kier molecular flexibility index (Phi) is 5.90. The van der Waals surface area contributed by atoms with Gasteiger partial charge in [-0.2, -0.15) is 5.10 Å². The van der Waals surface area contributed by atoms with E-state index in [-0.39, 0.29) is 17.9 Å². The minimum absolute atomic E-state index is 0.0997. The summed E-state index contributed by atoms with van der Waals surface area (Å²) < 4.78 is 28.8. The molecule has 3 aromatic rings. The molecular formula is C21H21ClF2N4OS. The molecule has 1 saturated heterocycles. The summed E-state index contributed by atoms with van der Waals surface area (Å²) in [6.07, 6.45) is 2.29. The fourth-order valence-electron chi connectivity index (χ4n) is 3.93. The van der Waals surface area contributed by atoms with Crippen LogP contribution in [0.15, 0.2) is 30.5 Å². The van der Waals surface area contributed by atoms with Crippen molar-refractivity contribution >= 4 is 28.8 Å². The molecule has 1 amide bonds. The summed E-state index contributed by atoms with van der Waals surface area (Å²) in [6, 6.07) is 5.54. The Morgan fingerprint density at radius 1 is 1.33 bits per heavy atom. The Bertz CT molecular complexity index is 1080. The highest BCUT2D eigenvalue weighted by Gasteiger charge is 2.29. The Hall–Kier alpha value is -2.29. The van der Waals surface area contributed by atoms with Crippen LogP contribution in [0.25, 0.3) is 11.3 Å². The molecule has 4 rings (SSSR count). The third-order valence-corrected chi connectivity index (χ3v) is 6.79. The number of carbonyl (C=O) groups excluding carboxylic acids is 1. The summed E-state index contributed by atoms with van der Waals surface area (Å²) in [5.74, 6) is -2.04. The standard InChI is InChI=1S/C21H21ClF2N4OS/c1-11-14(20-15(22)9-26-28(20)2)8-19(30-11)21(29)27-18-10-25-6-5-13(18)12-3-4-16(23)17(24)7-12/h3-4,7-9,13,18,25H,5-6,10H2,1-2H3,(H,27,29)/t13-,18+/m1/s1. The lowest BCUT2D eigenvalue weighted by Crippen LogP contribution is -2.49. The second-order valence-electron chi connectivity index (χ2n) is 7.40. The lowest BCUT2D eigenvalue weighted by molar-refractivity contribution is 0.0928. The second kappa shape index (κ2) is 8.45. The molecule has 0 saturated carbocycles. The molecule has 0 aliphatic carbocycles. The Morgan fingerprint density at radius 2 is 2.13 bits per heavy atom. The van der Waals surface area contributed by atoms with Gasteiger partial charge in [0.05, 0.1) is 21.8 Å². The third-order valence-electron chi connectivity index (χ3n) is 5.46. The number of halogens is 3. The van der Waals surface area contributed by atoms with Gasteiger partial charge >= 0.3 is 0 Å². The molecule has 2 atom stereocenters. The van der Waals surface area contributed by atoms with Gasteiger partial charge in [0.1, 0.15) is 0 Å². The van der Waals surface area contributed by atoms with Gasteiger partial charge in [0.25, 0.3) is 5.91 Å². The maximum atomic E-state index is 13.7. The van der Waals surface area contributed by atoms with E-state index in [1.165, 1.54) is 17.4 Å².